The lowest BCUT2D eigenvalue weighted by Crippen LogP contribution is -2.38. The molecule has 0 amide bonds. The van der Waals surface area contributed by atoms with Gasteiger partial charge in [0.25, 0.3) is 0 Å². The number of rotatable bonds is 2. The zero-order valence-corrected chi connectivity index (χ0v) is 14.8. The van der Waals surface area contributed by atoms with E-state index in [1.54, 1.807) is 0 Å². The van der Waals surface area contributed by atoms with Crippen LogP contribution in [0.25, 0.3) is 0 Å². The summed E-state index contributed by atoms with van der Waals surface area (Å²) in [4.78, 5) is 2.30. The fourth-order valence-electron chi connectivity index (χ4n) is 3.48. The minimum Gasteiger partial charge on any atom is -0.374 e. The average Bonchev–Trinajstić information content (AvgIpc) is 2.55. The summed E-state index contributed by atoms with van der Waals surface area (Å²) >= 11 is 1.91. The lowest BCUT2D eigenvalue weighted by Gasteiger charge is -2.41. The van der Waals surface area contributed by atoms with Gasteiger partial charge < -0.3 is 4.90 Å². The Morgan fingerprint density at radius 1 is 1.13 bits per heavy atom. The molecule has 0 spiro atoms. The minimum atomic E-state index is -0.0413. The highest BCUT2D eigenvalue weighted by molar-refractivity contribution is 7.99. The Labute approximate surface area is 143 Å². The van der Waals surface area contributed by atoms with Crippen LogP contribution in [0.2, 0.25) is 0 Å². The molecule has 1 saturated heterocycles. The third-order valence-electron chi connectivity index (χ3n) is 4.69. The van der Waals surface area contributed by atoms with Gasteiger partial charge in [0, 0.05) is 29.6 Å². The van der Waals surface area contributed by atoms with Gasteiger partial charge in [0.15, 0.2) is 0 Å². The monoisotopic (exact) mass is 326 g/mol. The predicted octanol–water partition coefficient (Wildman–Crippen LogP) is 3.76. The summed E-state index contributed by atoms with van der Waals surface area (Å²) in [5.41, 5.74) is 2.27. The molecule has 0 aromatic carbocycles. The van der Waals surface area contributed by atoms with Gasteiger partial charge in [0.05, 0.1) is 5.57 Å². The van der Waals surface area contributed by atoms with E-state index in [9.17, 15) is 15.8 Å². The molecule has 0 radical (unpaired) electrons. The van der Waals surface area contributed by atoms with Gasteiger partial charge in [0.2, 0.25) is 0 Å². The highest BCUT2D eigenvalue weighted by Crippen LogP contribution is 2.44. The number of piperidine rings is 1. The lowest BCUT2D eigenvalue weighted by molar-refractivity contribution is 0.234. The maximum Gasteiger partial charge on any atom is 0.134 e. The van der Waals surface area contributed by atoms with E-state index in [2.05, 4.69) is 31.1 Å². The summed E-state index contributed by atoms with van der Waals surface area (Å²) in [5, 5.41) is 28.9. The Balaban J connectivity index is 2.46. The van der Waals surface area contributed by atoms with E-state index < -0.39 is 0 Å². The summed E-state index contributed by atoms with van der Waals surface area (Å²) in [6.45, 7) is 6.18. The Hall–Kier alpha value is -1.90. The van der Waals surface area contributed by atoms with Gasteiger partial charge in [-0.2, -0.15) is 27.5 Å². The molecule has 1 aliphatic heterocycles. The van der Waals surface area contributed by atoms with E-state index in [4.69, 9.17) is 0 Å². The van der Waals surface area contributed by atoms with Crippen LogP contribution in [0.15, 0.2) is 22.4 Å². The number of thioether (sulfide) groups is 1. The first-order valence-corrected chi connectivity index (χ1v) is 9.19. The molecule has 120 valence electrons. The third kappa shape index (κ3) is 3.72. The minimum absolute atomic E-state index is 0.0413. The molecule has 0 bridgehead atoms. The normalized spacial score (nSPS) is 21.4. The van der Waals surface area contributed by atoms with Gasteiger partial charge in [-0.15, -0.1) is 0 Å². The maximum absolute atomic E-state index is 9.68. The number of allylic oxidation sites excluding steroid dienone is 4. The van der Waals surface area contributed by atoms with Crippen molar-refractivity contribution < 1.29 is 0 Å². The van der Waals surface area contributed by atoms with Crippen molar-refractivity contribution >= 4 is 11.8 Å². The zero-order chi connectivity index (χ0) is 17.0. The fourth-order valence-corrected chi connectivity index (χ4v) is 4.16. The van der Waals surface area contributed by atoms with Crippen LogP contribution in [0, 0.1) is 39.4 Å². The molecule has 1 fully saturated rings. The highest BCUT2D eigenvalue weighted by atomic mass is 32.2. The molecule has 0 N–H and O–H groups in total. The number of likely N-dealkylation sites (tertiary alicyclic amines) is 1. The van der Waals surface area contributed by atoms with Crippen LogP contribution in [0.4, 0.5) is 0 Å². The summed E-state index contributed by atoms with van der Waals surface area (Å²) in [5.74, 6) is 0. The number of hydrogen-bond acceptors (Lipinski definition) is 5. The first-order chi connectivity index (χ1) is 11.0. The average molecular weight is 326 g/mol. The topological polar surface area (TPSA) is 74.6 Å². The van der Waals surface area contributed by atoms with Gasteiger partial charge in [-0.25, -0.2) is 0 Å². The van der Waals surface area contributed by atoms with Crippen molar-refractivity contribution in [2.75, 3.05) is 19.3 Å². The van der Waals surface area contributed by atoms with Crippen molar-refractivity contribution in [2.45, 2.75) is 44.8 Å². The van der Waals surface area contributed by atoms with E-state index >= 15 is 0 Å². The number of hydrogen-bond donors (Lipinski definition) is 0. The third-order valence-corrected chi connectivity index (χ3v) is 5.82. The van der Waals surface area contributed by atoms with Gasteiger partial charge in [-0.3, -0.25) is 0 Å². The van der Waals surface area contributed by atoms with Crippen LogP contribution in [0.5, 0.6) is 0 Å². The van der Waals surface area contributed by atoms with Crippen molar-refractivity contribution in [3.63, 3.8) is 0 Å². The highest BCUT2D eigenvalue weighted by Gasteiger charge is 2.35. The van der Waals surface area contributed by atoms with Crippen molar-refractivity contribution in [1.82, 2.24) is 4.90 Å². The van der Waals surface area contributed by atoms with Crippen molar-refractivity contribution in [3.05, 3.63) is 22.4 Å². The van der Waals surface area contributed by atoms with Crippen molar-refractivity contribution in [3.8, 4) is 18.2 Å². The quantitative estimate of drug-likeness (QED) is 0.722. The molecule has 2 aliphatic rings. The molecule has 1 heterocycles. The SMILES string of the molecule is CSC1CCN(C2=C(C#N)C(=C(C#N)C#N)CC(C)(C)C2)CC1. The van der Waals surface area contributed by atoms with E-state index in [0.29, 0.717) is 22.8 Å². The first-order valence-electron chi connectivity index (χ1n) is 7.90. The second kappa shape index (κ2) is 7.12. The lowest BCUT2D eigenvalue weighted by atomic mass is 9.72. The van der Waals surface area contributed by atoms with E-state index in [0.717, 1.165) is 38.0 Å². The molecule has 0 aromatic rings. The standard InChI is InChI=1S/C18H22N4S/c1-18(2)8-15(13(10-19)11-20)16(12-21)17(9-18)22-6-4-14(23-3)5-7-22/h14H,4-9H2,1-3H3. The second-order valence-electron chi connectivity index (χ2n) is 6.95. The Morgan fingerprint density at radius 2 is 1.74 bits per heavy atom. The molecule has 5 heteroatoms. The molecule has 23 heavy (non-hydrogen) atoms. The molecule has 0 atom stereocenters. The zero-order valence-electron chi connectivity index (χ0n) is 14.0. The first kappa shape index (κ1) is 17.5. The van der Waals surface area contributed by atoms with E-state index in [1.165, 1.54) is 0 Å². The second-order valence-corrected chi connectivity index (χ2v) is 8.09. The van der Waals surface area contributed by atoms with Gasteiger partial charge in [0.1, 0.15) is 23.8 Å². The molecule has 0 unspecified atom stereocenters. The van der Waals surface area contributed by atoms with Crippen molar-refractivity contribution in [1.29, 1.82) is 15.8 Å². The molecule has 1 aliphatic carbocycles. The number of nitrogens with zero attached hydrogens (tertiary/aromatic N) is 4. The van der Waals surface area contributed by atoms with E-state index in [1.807, 2.05) is 23.9 Å². The van der Waals surface area contributed by atoms with Crippen LogP contribution < -0.4 is 0 Å². The summed E-state index contributed by atoms with van der Waals surface area (Å²) in [6.07, 6.45) is 5.82. The van der Waals surface area contributed by atoms with Crippen LogP contribution in [-0.2, 0) is 0 Å². The number of nitriles is 3. The Morgan fingerprint density at radius 3 is 2.22 bits per heavy atom. The van der Waals surface area contributed by atoms with E-state index in [-0.39, 0.29) is 11.0 Å². The van der Waals surface area contributed by atoms with Crippen LogP contribution >= 0.6 is 11.8 Å². The van der Waals surface area contributed by atoms with Gasteiger partial charge in [-0.05, 0) is 37.4 Å². The summed E-state index contributed by atoms with van der Waals surface area (Å²) < 4.78 is 0. The Bertz CT molecular complexity index is 643. The molecule has 0 aromatic heterocycles. The molecule has 0 saturated carbocycles. The largest absolute Gasteiger partial charge is 0.374 e. The molecular formula is C18H22N4S. The van der Waals surface area contributed by atoms with Crippen molar-refractivity contribution in [2.24, 2.45) is 5.41 Å². The maximum atomic E-state index is 9.68. The van der Waals surface area contributed by atoms with Crippen LogP contribution in [0.1, 0.15) is 39.5 Å². The van der Waals surface area contributed by atoms with Gasteiger partial charge in [-0.1, -0.05) is 13.8 Å². The van der Waals surface area contributed by atoms with Crippen LogP contribution in [-0.4, -0.2) is 29.5 Å². The summed E-state index contributed by atoms with van der Waals surface area (Å²) in [7, 11) is 0. The molecule has 2 rings (SSSR count). The van der Waals surface area contributed by atoms with Crippen LogP contribution in [0.3, 0.4) is 0 Å². The smallest absolute Gasteiger partial charge is 0.134 e. The van der Waals surface area contributed by atoms with Gasteiger partial charge >= 0.3 is 0 Å². The summed E-state index contributed by atoms with van der Waals surface area (Å²) in [6, 6.07) is 6.24. The molecular weight excluding hydrogens is 304 g/mol. The molecule has 4 nitrogen and oxygen atoms in total. The Kier molecular flexibility index (Phi) is 5.40. The fraction of sp³-hybridized carbons (Fsp3) is 0.611. The predicted molar refractivity (Wildman–Crippen MR) is 92.0 cm³/mol.